The standard InChI is InChI=1S/C15H11F6N3O2S2/c1-3-28(25,26)9-5-10(15(19,20)21)27-11(9)13-23-8-4-7(14(16,17)18)6-22-12(8)24(13)2/h4-6H,3H2,1-2H3. The summed E-state index contributed by atoms with van der Waals surface area (Å²) in [6.07, 6.45) is -8.89. The van der Waals surface area contributed by atoms with E-state index in [9.17, 15) is 34.8 Å². The molecule has 0 amide bonds. The van der Waals surface area contributed by atoms with Gasteiger partial charge in [0.1, 0.15) is 10.4 Å². The summed E-state index contributed by atoms with van der Waals surface area (Å²) in [4.78, 5) is 5.60. The van der Waals surface area contributed by atoms with Crippen LogP contribution < -0.4 is 0 Å². The molecule has 0 spiro atoms. The van der Waals surface area contributed by atoms with Crippen LogP contribution in [0, 0.1) is 0 Å². The first-order valence-corrected chi connectivity index (χ1v) is 10.1. The van der Waals surface area contributed by atoms with Gasteiger partial charge in [-0.3, -0.25) is 0 Å². The van der Waals surface area contributed by atoms with Gasteiger partial charge in [0.05, 0.1) is 21.1 Å². The highest BCUT2D eigenvalue weighted by molar-refractivity contribution is 7.91. The molecule has 3 aromatic rings. The maximum atomic E-state index is 13.1. The van der Waals surface area contributed by atoms with Crippen LogP contribution in [0.3, 0.4) is 0 Å². The molecule has 5 nitrogen and oxygen atoms in total. The molecule has 28 heavy (non-hydrogen) atoms. The number of hydrogen-bond acceptors (Lipinski definition) is 5. The molecule has 0 bridgehead atoms. The molecule has 0 saturated heterocycles. The minimum absolute atomic E-state index is 0.0233. The Labute approximate surface area is 158 Å². The van der Waals surface area contributed by atoms with Crippen LogP contribution in [0.15, 0.2) is 23.2 Å². The normalized spacial score (nSPS) is 13.4. The fraction of sp³-hybridized carbons (Fsp3) is 0.333. The Morgan fingerprint density at radius 3 is 2.29 bits per heavy atom. The summed E-state index contributed by atoms with van der Waals surface area (Å²) in [5.74, 6) is -0.664. The van der Waals surface area contributed by atoms with Gasteiger partial charge in [-0.1, -0.05) is 6.92 Å². The van der Waals surface area contributed by atoms with Crippen LogP contribution in [-0.2, 0) is 29.2 Å². The van der Waals surface area contributed by atoms with Crippen molar-refractivity contribution in [3.8, 4) is 10.7 Å². The number of imidazole rings is 1. The van der Waals surface area contributed by atoms with Gasteiger partial charge in [-0.05, 0) is 12.1 Å². The first-order valence-electron chi connectivity index (χ1n) is 7.59. The number of thiophene rings is 1. The molecule has 0 radical (unpaired) electrons. The summed E-state index contributed by atoms with van der Waals surface area (Å²) in [5, 5.41) is 0. The lowest BCUT2D eigenvalue weighted by atomic mass is 10.2. The summed E-state index contributed by atoms with van der Waals surface area (Å²) in [6, 6.07) is 1.23. The van der Waals surface area contributed by atoms with E-state index in [-0.39, 0.29) is 33.2 Å². The number of aryl methyl sites for hydroxylation is 1. The van der Waals surface area contributed by atoms with Crippen LogP contribution >= 0.6 is 11.3 Å². The van der Waals surface area contributed by atoms with Crippen LogP contribution in [-0.4, -0.2) is 28.7 Å². The molecule has 0 atom stereocenters. The summed E-state index contributed by atoms with van der Waals surface area (Å²) in [5.41, 5.74) is -1.31. The zero-order valence-electron chi connectivity index (χ0n) is 14.2. The Kier molecular flexibility index (Phi) is 4.73. The molecule has 0 fully saturated rings. The number of aromatic nitrogens is 3. The Balaban J connectivity index is 2.30. The van der Waals surface area contributed by atoms with E-state index in [1.54, 1.807) is 0 Å². The van der Waals surface area contributed by atoms with Crippen LogP contribution in [0.4, 0.5) is 26.3 Å². The third-order valence-electron chi connectivity index (χ3n) is 3.93. The number of nitrogens with zero attached hydrogens (tertiary/aromatic N) is 3. The summed E-state index contributed by atoms with van der Waals surface area (Å²) in [6.45, 7) is 1.27. The highest BCUT2D eigenvalue weighted by atomic mass is 32.2. The summed E-state index contributed by atoms with van der Waals surface area (Å²) < 4.78 is 104. The van der Waals surface area contributed by atoms with Gasteiger partial charge in [0.15, 0.2) is 21.3 Å². The number of halogens is 6. The molecule has 0 aliphatic rings. The first-order chi connectivity index (χ1) is 12.8. The number of alkyl halides is 6. The smallest absolute Gasteiger partial charge is 0.311 e. The van der Waals surface area contributed by atoms with E-state index in [0.29, 0.717) is 18.3 Å². The molecule has 3 aromatic heterocycles. The van der Waals surface area contributed by atoms with Crippen molar-refractivity contribution in [3.63, 3.8) is 0 Å². The van der Waals surface area contributed by atoms with Crippen molar-refractivity contribution in [2.24, 2.45) is 7.05 Å². The topological polar surface area (TPSA) is 64.8 Å². The minimum atomic E-state index is -4.78. The maximum absolute atomic E-state index is 13.1. The SMILES string of the molecule is CCS(=O)(=O)c1cc(C(F)(F)F)sc1-c1nc2cc(C(F)(F)F)cnc2n1C. The Hall–Kier alpha value is -2.15. The van der Waals surface area contributed by atoms with Crippen LogP contribution in [0.5, 0.6) is 0 Å². The molecule has 0 saturated carbocycles. The summed E-state index contributed by atoms with van der Waals surface area (Å²) >= 11 is 0.163. The molecule has 152 valence electrons. The molecule has 3 heterocycles. The molecule has 3 rings (SSSR count). The fourth-order valence-corrected chi connectivity index (χ4v) is 5.00. The molecule has 13 heteroatoms. The van der Waals surface area contributed by atoms with Gasteiger partial charge in [0.25, 0.3) is 0 Å². The Bertz CT molecular complexity index is 1160. The Morgan fingerprint density at radius 1 is 1.11 bits per heavy atom. The second-order valence-corrected chi connectivity index (χ2v) is 9.06. The maximum Gasteiger partial charge on any atom is 0.425 e. The lowest BCUT2D eigenvalue weighted by Gasteiger charge is -2.05. The largest absolute Gasteiger partial charge is 0.425 e. The predicted molar refractivity (Wildman–Crippen MR) is 89.6 cm³/mol. The van der Waals surface area contributed by atoms with E-state index in [1.165, 1.54) is 14.0 Å². The molecule has 0 unspecified atom stereocenters. The van der Waals surface area contributed by atoms with Crippen molar-refractivity contribution in [1.29, 1.82) is 0 Å². The highest BCUT2D eigenvalue weighted by Crippen LogP contribution is 2.43. The van der Waals surface area contributed by atoms with Crippen molar-refractivity contribution < 1.29 is 34.8 Å². The van der Waals surface area contributed by atoms with Gasteiger partial charge >= 0.3 is 12.4 Å². The van der Waals surface area contributed by atoms with E-state index >= 15 is 0 Å². The second kappa shape index (κ2) is 6.44. The van der Waals surface area contributed by atoms with E-state index in [2.05, 4.69) is 9.97 Å². The van der Waals surface area contributed by atoms with Crippen molar-refractivity contribution in [3.05, 3.63) is 28.8 Å². The van der Waals surface area contributed by atoms with Crippen LogP contribution in [0.1, 0.15) is 17.4 Å². The minimum Gasteiger partial charge on any atom is -0.311 e. The molecular weight excluding hydrogens is 432 g/mol. The summed E-state index contributed by atoms with van der Waals surface area (Å²) in [7, 11) is -2.71. The zero-order chi connectivity index (χ0) is 21.1. The van der Waals surface area contributed by atoms with Gasteiger partial charge in [-0.25, -0.2) is 18.4 Å². The quantitative estimate of drug-likeness (QED) is 0.558. The van der Waals surface area contributed by atoms with Gasteiger partial charge < -0.3 is 4.57 Å². The average molecular weight is 443 g/mol. The lowest BCUT2D eigenvalue weighted by Crippen LogP contribution is -2.06. The number of hydrogen-bond donors (Lipinski definition) is 0. The molecule has 0 aliphatic heterocycles. The van der Waals surface area contributed by atoms with Crippen molar-refractivity contribution in [1.82, 2.24) is 14.5 Å². The van der Waals surface area contributed by atoms with Gasteiger partial charge in [-0.15, -0.1) is 11.3 Å². The van der Waals surface area contributed by atoms with E-state index in [0.717, 1.165) is 4.57 Å². The third kappa shape index (κ3) is 3.48. The molecule has 0 aromatic carbocycles. The van der Waals surface area contributed by atoms with E-state index < -0.39 is 43.3 Å². The fourth-order valence-electron chi connectivity index (χ4n) is 2.49. The highest BCUT2D eigenvalue weighted by Gasteiger charge is 2.37. The lowest BCUT2D eigenvalue weighted by molar-refractivity contribution is -0.137. The van der Waals surface area contributed by atoms with Crippen molar-refractivity contribution >= 4 is 32.3 Å². The number of pyridine rings is 1. The monoisotopic (exact) mass is 443 g/mol. The molecule has 0 aliphatic carbocycles. The number of fused-ring (bicyclic) bond motifs is 1. The Morgan fingerprint density at radius 2 is 1.75 bits per heavy atom. The van der Waals surface area contributed by atoms with Crippen molar-refractivity contribution in [2.45, 2.75) is 24.2 Å². The van der Waals surface area contributed by atoms with Gasteiger partial charge in [0.2, 0.25) is 0 Å². The van der Waals surface area contributed by atoms with Crippen LogP contribution in [0.2, 0.25) is 0 Å². The predicted octanol–water partition coefficient (Wildman–Crippen LogP) is 4.53. The van der Waals surface area contributed by atoms with E-state index in [4.69, 9.17) is 0 Å². The number of rotatable bonds is 3. The first kappa shape index (κ1) is 20.6. The third-order valence-corrected chi connectivity index (χ3v) is 6.99. The zero-order valence-corrected chi connectivity index (χ0v) is 15.8. The van der Waals surface area contributed by atoms with Crippen molar-refractivity contribution in [2.75, 3.05) is 5.75 Å². The van der Waals surface area contributed by atoms with Crippen LogP contribution in [0.25, 0.3) is 21.9 Å². The second-order valence-electron chi connectivity index (χ2n) is 5.76. The molecule has 0 N–H and O–H groups in total. The van der Waals surface area contributed by atoms with Gasteiger partial charge in [-0.2, -0.15) is 26.3 Å². The molecular formula is C15H11F6N3O2S2. The average Bonchev–Trinajstić information content (AvgIpc) is 3.16. The van der Waals surface area contributed by atoms with Gasteiger partial charge in [0, 0.05) is 13.2 Å². The van der Waals surface area contributed by atoms with E-state index in [1.807, 2.05) is 0 Å². The number of sulfone groups is 1.